The molecule has 0 saturated carbocycles. The van der Waals surface area contributed by atoms with Crippen molar-refractivity contribution in [3.63, 3.8) is 0 Å². The highest BCUT2D eigenvalue weighted by Crippen LogP contribution is 2.34. The van der Waals surface area contributed by atoms with Crippen LogP contribution in [-0.2, 0) is 0 Å². The standard InChI is InChI=1S/C13H9F2IO.C13H11F2NO/c2*1-17-13-5-3-2-4-8(13)9-6-11(15)12(16)7-10(9)14/h2-7H,1H3;2-7H,16H2,1H3. The number of nitrogens with two attached hydrogens (primary N) is 1. The maximum Gasteiger partial charge on any atom is 0.146 e. The maximum atomic E-state index is 13.8. The monoisotopic (exact) mass is 581 g/mol. The zero-order valence-electron chi connectivity index (χ0n) is 18.2. The molecule has 0 aliphatic rings. The molecule has 2 N–H and O–H groups in total. The Balaban J connectivity index is 0.000000191. The summed E-state index contributed by atoms with van der Waals surface area (Å²) in [6.45, 7) is 0. The van der Waals surface area contributed by atoms with Gasteiger partial charge in [0.15, 0.2) is 0 Å². The van der Waals surface area contributed by atoms with E-state index < -0.39 is 23.3 Å². The van der Waals surface area contributed by atoms with Crippen LogP contribution < -0.4 is 15.2 Å². The molecule has 0 atom stereocenters. The minimum absolute atomic E-state index is 0.133. The van der Waals surface area contributed by atoms with Crippen molar-refractivity contribution in [2.75, 3.05) is 20.0 Å². The van der Waals surface area contributed by atoms with Crippen LogP contribution >= 0.6 is 22.6 Å². The third kappa shape index (κ3) is 5.61. The molecule has 34 heavy (non-hydrogen) atoms. The number of hydrogen-bond acceptors (Lipinski definition) is 3. The van der Waals surface area contributed by atoms with Crippen LogP contribution in [0.15, 0.2) is 72.8 Å². The van der Waals surface area contributed by atoms with Gasteiger partial charge in [0.25, 0.3) is 0 Å². The summed E-state index contributed by atoms with van der Waals surface area (Å²) < 4.78 is 64.9. The van der Waals surface area contributed by atoms with E-state index in [0.29, 0.717) is 22.6 Å². The number of hydrogen-bond donors (Lipinski definition) is 1. The van der Waals surface area contributed by atoms with Gasteiger partial charge in [0.1, 0.15) is 34.8 Å². The van der Waals surface area contributed by atoms with Crippen LogP contribution in [0, 0.1) is 26.8 Å². The van der Waals surface area contributed by atoms with Crippen LogP contribution in [0.3, 0.4) is 0 Å². The molecule has 0 spiro atoms. The van der Waals surface area contributed by atoms with E-state index in [1.54, 1.807) is 71.1 Å². The Morgan fingerprint density at radius 3 is 1.53 bits per heavy atom. The SMILES string of the molecule is COc1ccccc1-c1cc(F)c(I)cc1F.COc1ccccc1-c1cc(F)c(N)cc1F. The van der Waals surface area contributed by atoms with Crippen LogP contribution in [0.25, 0.3) is 22.3 Å². The van der Waals surface area contributed by atoms with Gasteiger partial charge in [0.05, 0.1) is 23.5 Å². The molecular weight excluding hydrogens is 561 g/mol. The Kier molecular flexibility index (Phi) is 8.38. The lowest BCUT2D eigenvalue weighted by Crippen LogP contribution is -1.96. The fourth-order valence-electron chi connectivity index (χ4n) is 3.23. The first-order valence-electron chi connectivity index (χ1n) is 9.92. The lowest BCUT2D eigenvalue weighted by Gasteiger charge is -2.10. The second-order valence-corrected chi connectivity index (χ2v) is 8.16. The van der Waals surface area contributed by atoms with Gasteiger partial charge < -0.3 is 15.2 Å². The predicted molar refractivity (Wildman–Crippen MR) is 134 cm³/mol. The minimum atomic E-state index is -0.646. The van der Waals surface area contributed by atoms with Gasteiger partial charge in [-0.2, -0.15) is 0 Å². The van der Waals surface area contributed by atoms with E-state index in [1.807, 2.05) is 0 Å². The summed E-state index contributed by atoms with van der Waals surface area (Å²) in [4.78, 5) is 0. The molecule has 0 saturated heterocycles. The molecule has 176 valence electrons. The average Bonchev–Trinajstić information content (AvgIpc) is 2.84. The number of rotatable bonds is 4. The average molecular weight is 581 g/mol. The predicted octanol–water partition coefficient (Wildman–Crippen LogP) is 7.47. The van der Waals surface area contributed by atoms with E-state index in [9.17, 15) is 17.6 Å². The number of para-hydroxylation sites is 2. The summed E-state index contributed by atoms with van der Waals surface area (Å²) in [7, 11) is 2.98. The van der Waals surface area contributed by atoms with E-state index in [-0.39, 0.29) is 20.4 Å². The summed E-state index contributed by atoms with van der Waals surface area (Å²) in [5.41, 5.74) is 6.46. The number of anilines is 1. The van der Waals surface area contributed by atoms with Gasteiger partial charge in [0.2, 0.25) is 0 Å². The van der Waals surface area contributed by atoms with Crippen molar-refractivity contribution in [1.82, 2.24) is 0 Å². The number of benzene rings is 4. The van der Waals surface area contributed by atoms with E-state index in [1.165, 1.54) is 26.4 Å². The molecule has 0 aromatic heterocycles. The molecule has 0 amide bonds. The first kappa shape index (κ1) is 25.4. The molecular formula is C26H20F4INO2. The van der Waals surface area contributed by atoms with Gasteiger partial charge in [-0.1, -0.05) is 36.4 Å². The Morgan fingerprint density at radius 1 is 0.588 bits per heavy atom. The van der Waals surface area contributed by atoms with Crippen molar-refractivity contribution in [3.05, 3.63) is 99.6 Å². The fourth-order valence-corrected chi connectivity index (χ4v) is 3.66. The molecule has 0 radical (unpaired) electrons. The molecule has 0 fully saturated rings. The third-order valence-corrected chi connectivity index (χ3v) is 5.72. The first-order valence-corrected chi connectivity index (χ1v) is 11.0. The highest BCUT2D eigenvalue weighted by molar-refractivity contribution is 14.1. The zero-order valence-corrected chi connectivity index (χ0v) is 20.4. The normalized spacial score (nSPS) is 10.3. The van der Waals surface area contributed by atoms with Crippen LogP contribution in [0.5, 0.6) is 11.5 Å². The first-order chi connectivity index (χ1) is 16.3. The molecule has 3 nitrogen and oxygen atoms in total. The summed E-state index contributed by atoms with van der Waals surface area (Å²) >= 11 is 1.76. The van der Waals surface area contributed by atoms with E-state index >= 15 is 0 Å². The van der Waals surface area contributed by atoms with Gasteiger partial charge in [-0.05, 0) is 52.9 Å². The second kappa shape index (κ2) is 11.2. The number of ether oxygens (including phenoxy) is 2. The van der Waals surface area contributed by atoms with Crippen molar-refractivity contribution in [1.29, 1.82) is 0 Å². The van der Waals surface area contributed by atoms with Crippen LogP contribution in [-0.4, -0.2) is 14.2 Å². The molecule has 0 bridgehead atoms. The Hall–Kier alpha value is -3.27. The molecule has 4 aromatic carbocycles. The van der Waals surface area contributed by atoms with Crippen LogP contribution in [0.2, 0.25) is 0 Å². The number of halogens is 5. The summed E-state index contributed by atoms with van der Waals surface area (Å²) in [6, 6.07) is 18.2. The highest BCUT2D eigenvalue weighted by atomic mass is 127. The van der Waals surface area contributed by atoms with Crippen LogP contribution in [0.1, 0.15) is 0 Å². The van der Waals surface area contributed by atoms with Gasteiger partial charge in [-0.25, -0.2) is 17.6 Å². The lowest BCUT2D eigenvalue weighted by molar-refractivity contribution is 0.416. The smallest absolute Gasteiger partial charge is 0.146 e. The molecule has 8 heteroatoms. The van der Waals surface area contributed by atoms with Crippen molar-refractivity contribution < 1.29 is 27.0 Å². The Labute approximate surface area is 208 Å². The maximum absolute atomic E-state index is 13.8. The molecule has 4 rings (SSSR count). The van der Waals surface area contributed by atoms with Crippen molar-refractivity contribution in [2.45, 2.75) is 0 Å². The van der Waals surface area contributed by atoms with Crippen LogP contribution in [0.4, 0.5) is 23.2 Å². The highest BCUT2D eigenvalue weighted by Gasteiger charge is 2.14. The summed E-state index contributed by atoms with van der Waals surface area (Å²) in [6.07, 6.45) is 0. The molecule has 0 heterocycles. The molecule has 0 aliphatic heterocycles. The van der Waals surface area contributed by atoms with Crippen molar-refractivity contribution >= 4 is 28.3 Å². The van der Waals surface area contributed by atoms with E-state index in [4.69, 9.17) is 15.2 Å². The quantitative estimate of drug-likeness (QED) is 0.118. The summed E-state index contributed by atoms with van der Waals surface area (Å²) in [5, 5.41) is 0. The van der Waals surface area contributed by atoms with Crippen molar-refractivity contribution in [3.8, 4) is 33.8 Å². The number of nitrogen functional groups attached to an aromatic ring is 1. The Bertz CT molecular complexity index is 1210. The zero-order chi connectivity index (χ0) is 24.8. The van der Waals surface area contributed by atoms with Gasteiger partial charge in [-0.15, -0.1) is 0 Å². The molecule has 0 unspecified atom stereocenters. The fraction of sp³-hybridized carbons (Fsp3) is 0.0769. The second-order valence-electron chi connectivity index (χ2n) is 7.00. The lowest BCUT2D eigenvalue weighted by atomic mass is 10.0. The van der Waals surface area contributed by atoms with Gasteiger partial charge in [0, 0.05) is 28.3 Å². The largest absolute Gasteiger partial charge is 0.496 e. The van der Waals surface area contributed by atoms with Gasteiger partial charge in [-0.3, -0.25) is 0 Å². The van der Waals surface area contributed by atoms with E-state index in [0.717, 1.165) is 12.1 Å². The third-order valence-electron chi connectivity index (χ3n) is 4.89. The molecule has 0 aliphatic carbocycles. The summed E-state index contributed by atoms with van der Waals surface area (Å²) in [5.74, 6) is -1.11. The minimum Gasteiger partial charge on any atom is -0.496 e. The van der Waals surface area contributed by atoms with Gasteiger partial charge >= 0.3 is 0 Å². The van der Waals surface area contributed by atoms with Crippen molar-refractivity contribution in [2.24, 2.45) is 0 Å². The topological polar surface area (TPSA) is 44.5 Å². The van der Waals surface area contributed by atoms with E-state index in [2.05, 4.69) is 0 Å². The Morgan fingerprint density at radius 2 is 1.03 bits per heavy atom. The number of methoxy groups -OCH3 is 2. The molecule has 4 aromatic rings.